The van der Waals surface area contributed by atoms with Crippen molar-refractivity contribution < 1.29 is 9.59 Å². The molecule has 3 rings (SSSR count). The number of carbonyl (C=O) groups excluding carboxylic acids is 2. The van der Waals surface area contributed by atoms with Gasteiger partial charge in [-0.2, -0.15) is 0 Å². The maximum Gasteiger partial charge on any atom is 0.275 e. The molecule has 2 aromatic heterocycles. The zero-order valence-corrected chi connectivity index (χ0v) is 13.6. The number of amides is 1. The molecule has 0 unspecified atom stereocenters. The number of nitrogens with zero attached hydrogens (tertiary/aromatic N) is 2. The van der Waals surface area contributed by atoms with Gasteiger partial charge in [-0.25, -0.2) is 9.78 Å². The normalized spacial score (nSPS) is 10.2. The molecule has 1 N–H and O–H groups in total. The van der Waals surface area contributed by atoms with Crippen LogP contribution in [0.4, 0.5) is 5.69 Å². The highest BCUT2D eigenvalue weighted by atomic mass is 32.1. The Bertz CT molecular complexity index is 863. The minimum Gasteiger partial charge on any atom is -0.347 e. The summed E-state index contributed by atoms with van der Waals surface area (Å²) in [6.07, 6.45) is 4.16. The summed E-state index contributed by atoms with van der Waals surface area (Å²) in [5.41, 5.74) is 4.39. The summed E-state index contributed by atoms with van der Waals surface area (Å²) in [5, 5.41) is 4.48. The van der Waals surface area contributed by atoms with Crippen LogP contribution in [0.25, 0.3) is 0 Å². The molecule has 5 nitrogen and oxygen atoms in total. The van der Waals surface area contributed by atoms with Crippen molar-refractivity contribution in [2.24, 2.45) is 0 Å². The topological polar surface area (TPSA) is 64.0 Å². The van der Waals surface area contributed by atoms with Gasteiger partial charge in [-0.3, -0.25) is 4.79 Å². The van der Waals surface area contributed by atoms with Crippen LogP contribution in [0.3, 0.4) is 0 Å². The van der Waals surface area contributed by atoms with Crippen LogP contribution in [-0.4, -0.2) is 21.4 Å². The van der Waals surface area contributed by atoms with Crippen LogP contribution in [0.2, 0.25) is 0 Å². The van der Waals surface area contributed by atoms with Gasteiger partial charge in [0.2, 0.25) is 0 Å². The van der Waals surface area contributed by atoms with E-state index in [1.807, 2.05) is 47.0 Å². The van der Waals surface area contributed by atoms with E-state index in [0.717, 1.165) is 5.56 Å². The molecule has 120 valence electrons. The van der Waals surface area contributed by atoms with Gasteiger partial charge in [-0.05, 0) is 11.6 Å². The van der Waals surface area contributed by atoms with Crippen molar-refractivity contribution in [3.05, 3.63) is 76.5 Å². The number of aromatic nitrogens is 2. The van der Waals surface area contributed by atoms with Gasteiger partial charge in [-0.1, -0.05) is 30.3 Å². The van der Waals surface area contributed by atoms with Crippen LogP contribution in [0, 0.1) is 0 Å². The molecule has 0 aliphatic rings. The lowest BCUT2D eigenvalue weighted by Crippen LogP contribution is -2.11. The van der Waals surface area contributed by atoms with E-state index in [4.69, 9.17) is 0 Å². The number of allylic oxidation sites excluding steroid dienone is 1. The van der Waals surface area contributed by atoms with Crippen molar-refractivity contribution >= 4 is 28.9 Å². The van der Waals surface area contributed by atoms with E-state index in [1.165, 1.54) is 11.3 Å². The molecule has 0 saturated heterocycles. The number of anilines is 1. The summed E-state index contributed by atoms with van der Waals surface area (Å²) in [6, 6.07) is 11.6. The van der Waals surface area contributed by atoms with Crippen LogP contribution in [-0.2, 0) is 17.8 Å². The lowest BCUT2D eigenvalue weighted by atomic mass is 10.1. The number of thiazole rings is 1. The van der Waals surface area contributed by atoms with E-state index in [-0.39, 0.29) is 5.91 Å². The van der Waals surface area contributed by atoms with Crippen LogP contribution in [0.5, 0.6) is 0 Å². The number of hydrogen-bond acceptors (Lipinski definition) is 4. The van der Waals surface area contributed by atoms with Crippen molar-refractivity contribution in [2.45, 2.75) is 13.0 Å². The molecular formula is C18H15N3O2S. The highest BCUT2D eigenvalue weighted by Gasteiger charge is 2.09. The Hall–Kier alpha value is -2.95. The van der Waals surface area contributed by atoms with Crippen LogP contribution < -0.4 is 5.32 Å². The first-order valence-corrected chi connectivity index (χ1v) is 8.31. The van der Waals surface area contributed by atoms with Gasteiger partial charge in [0, 0.05) is 29.8 Å². The smallest absolute Gasteiger partial charge is 0.275 e. The fraction of sp³-hybridized carbons (Fsp3) is 0.111. The average Bonchev–Trinajstić information content (AvgIpc) is 3.27. The van der Waals surface area contributed by atoms with Gasteiger partial charge >= 0.3 is 0 Å². The van der Waals surface area contributed by atoms with Gasteiger partial charge in [0.1, 0.15) is 11.6 Å². The summed E-state index contributed by atoms with van der Waals surface area (Å²) in [7, 11) is 0. The number of hydrogen-bond donors (Lipinski definition) is 1. The summed E-state index contributed by atoms with van der Waals surface area (Å²) < 4.78 is 1.85. The molecule has 0 saturated carbocycles. The number of rotatable bonds is 6. The summed E-state index contributed by atoms with van der Waals surface area (Å²) in [4.78, 5) is 27.1. The van der Waals surface area contributed by atoms with Crippen molar-refractivity contribution in [2.75, 3.05) is 5.32 Å². The van der Waals surface area contributed by atoms with Gasteiger partial charge in [0.15, 0.2) is 0 Å². The predicted molar refractivity (Wildman–Crippen MR) is 93.9 cm³/mol. The van der Waals surface area contributed by atoms with Gasteiger partial charge in [0.25, 0.3) is 5.91 Å². The molecule has 6 heteroatoms. The second kappa shape index (κ2) is 7.55. The molecular weight excluding hydrogens is 322 g/mol. The Kier molecular flexibility index (Phi) is 5.01. The molecule has 0 radical (unpaired) electrons. The highest BCUT2D eigenvalue weighted by Crippen LogP contribution is 2.13. The Morgan fingerprint density at radius 1 is 1.25 bits per heavy atom. The fourth-order valence-electron chi connectivity index (χ4n) is 2.32. The van der Waals surface area contributed by atoms with E-state index < -0.39 is 0 Å². The number of benzene rings is 1. The van der Waals surface area contributed by atoms with Crippen molar-refractivity contribution in [1.29, 1.82) is 0 Å². The minimum atomic E-state index is -0.246. The molecule has 0 bridgehead atoms. The summed E-state index contributed by atoms with van der Waals surface area (Å²) >= 11 is 1.37. The quantitative estimate of drug-likeness (QED) is 0.703. The molecule has 0 aliphatic carbocycles. The van der Waals surface area contributed by atoms with Crippen molar-refractivity contribution in [3.8, 4) is 0 Å². The third-order valence-electron chi connectivity index (χ3n) is 3.45. The third-order valence-corrected chi connectivity index (χ3v) is 4.04. The van der Waals surface area contributed by atoms with Crippen molar-refractivity contribution in [3.63, 3.8) is 0 Å². The first kappa shape index (κ1) is 15.9. The second-order valence-corrected chi connectivity index (χ2v) is 5.99. The average molecular weight is 337 g/mol. The Labute approximate surface area is 143 Å². The van der Waals surface area contributed by atoms with E-state index >= 15 is 0 Å². The molecule has 2 heterocycles. The van der Waals surface area contributed by atoms with Gasteiger partial charge in [0.05, 0.1) is 17.7 Å². The second-order valence-electron chi connectivity index (χ2n) is 5.27. The zero-order chi connectivity index (χ0) is 16.8. The molecule has 0 aliphatic heterocycles. The van der Waals surface area contributed by atoms with Crippen LogP contribution >= 0.6 is 11.3 Å². The largest absolute Gasteiger partial charge is 0.347 e. The first-order valence-electron chi connectivity index (χ1n) is 7.36. The maximum absolute atomic E-state index is 12.0. The highest BCUT2D eigenvalue weighted by molar-refractivity contribution is 7.07. The Morgan fingerprint density at radius 2 is 2.08 bits per heavy atom. The van der Waals surface area contributed by atoms with Gasteiger partial charge < -0.3 is 9.88 Å². The molecule has 3 aromatic rings. The maximum atomic E-state index is 12.0. The zero-order valence-electron chi connectivity index (χ0n) is 12.8. The number of nitrogens with one attached hydrogen (secondary N) is 1. The van der Waals surface area contributed by atoms with Crippen molar-refractivity contribution in [1.82, 2.24) is 9.55 Å². The lowest BCUT2D eigenvalue weighted by Gasteiger charge is -2.05. The SMILES string of the molecule is O=C=C(Cc1ccccc1)Cn1ccc(NC(=O)c2cscn2)c1. The lowest BCUT2D eigenvalue weighted by molar-refractivity contribution is 0.102. The predicted octanol–water partition coefficient (Wildman–Crippen LogP) is 3.20. The molecule has 1 amide bonds. The van der Waals surface area contributed by atoms with E-state index in [0.29, 0.717) is 29.9 Å². The first-order chi connectivity index (χ1) is 11.7. The molecule has 0 fully saturated rings. The monoisotopic (exact) mass is 337 g/mol. The van der Waals surface area contributed by atoms with E-state index in [9.17, 15) is 9.59 Å². The van der Waals surface area contributed by atoms with Crippen LogP contribution in [0.1, 0.15) is 16.1 Å². The Morgan fingerprint density at radius 3 is 2.79 bits per heavy atom. The Balaban J connectivity index is 1.62. The summed E-state index contributed by atoms with van der Waals surface area (Å²) in [5.74, 6) is 1.78. The van der Waals surface area contributed by atoms with E-state index in [2.05, 4.69) is 10.3 Å². The van der Waals surface area contributed by atoms with E-state index in [1.54, 1.807) is 23.2 Å². The summed E-state index contributed by atoms with van der Waals surface area (Å²) in [6.45, 7) is 0.435. The fourth-order valence-corrected chi connectivity index (χ4v) is 2.85. The molecule has 24 heavy (non-hydrogen) atoms. The van der Waals surface area contributed by atoms with Gasteiger partial charge in [-0.15, -0.1) is 11.3 Å². The third kappa shape index (κ3) is 4.07. The van der Waals surface area contributed by atoms with Crippen LogP contribution in [0.15, 0.2) is 65.3 Å². The molecule has 1 aromatic carbocycles. The molecule has 0 spiro atoms. The molecule has 0 atom stereocenters. The number of carbonyl (C=O) groups is 1. The minimum absolute atomic E-state index is 0.246. The standard InChI is InChI=1S/C18H15N3O2S/c22-11-15(8-14-4-2-1-3-5-14)9-21-7-6-16(10-21)20-18(23)17-12-24-13-19-17/h1-7,10,12-13H,8-9H2,(H,20,23).